The van der Waals surface area contributed by atoms with Gasteiger partial charge in [0, 0.05) is 0 Å². The number of nitrogens with one attached hydrogen (secondary N) is 1. The summed E-state index contributed by atoms with van der Waals surface area (Å²) in [5.41, 5.74) is 2.37. The number of fused-ring (bicyclic) bond motifs is 1. The van der Waals surface area contributed by atoms with Gasteiger partial charge in [0.15, 0.2) is 9.84 Å². The molecule has 1 aliphatic rings. The van der Waals surface area contributed by atoms with Gasteiger partial charge in [0.25, 0.3) is 0 Å². The SMILES string of the molecule is O=C(Nc1ccc(-n2cnc3ccccc32)nc1)[C@@H]1CCS(=O)(=O)C1. The molecule has 7 nitrogen and oxygen atoms in total. The zero-order valence-electron chi connectivity index (χ0n) is 13.3. The predicted octanol–water partition coefficient (Wildman–Crippen LogP) is 1.79. The maximum Gasteiger partial charge on any atom is 0.228 e. The van der Waals surface area contributed by atoms with E-state index in [4.69, 9.17) is 0 Å². The van der Waals surface area contributed by atoms with Gasteiger partial charge < -0.3 is 5.32 Å². The Labute approximate surface area is 144 Å². The van der Waals surface area contributed by atoms with Crippen LogP contribution in [0.5, 0.6) is 0 Å². The highest BCUT2D eigenvalue weighted by molar-refractivity contribution is 7.91. The lowest BCUT2D eigenvalue weighted by Gasteiger charge is -2.10. The summed E-state index contributed by atoms with van der Waals surface area (Å²) in [6.07, 6.45) is 3.64. The average Bonchev–Trinajstić information content (AvgIpc) is 3.19. The average molecular weight is 356 g/mol. The lowest BCUT2D eigenvalue weighted by molar-refractivity contribution is -0.119. The first kappa shape index (κ1) is 15.8. The molecule has 3 heterocycles. The molecule has 2 aromatic heterocycles. The third kappa shape index (κ3) is 3.12. The van der Waals surface area contributed by atoms with Gasteiger partial charge in [-0.05, 0) is 30.7 Å². The molecule has 1 N–H and O–H groups in total. The van der Waals surface area contributed by atoms with E-state index in [1.807, 2.05) is 28.8 Å². The summed E-state index contributed by atoms with van der Waals surface area (Å²) in [5.74, 6) is -0.0671. The van der Waals surface area contributed by atoms with Crippen LogP contribution in [0.25, 0.3) is 16.9 Å². The first-order valence-electron chi connectivity index (χ1n) is 7.92. The molecule has 8 heteroatoms. The number of para-hydroxylation sites is 2. The van der Waals surface area contributed by atoms with E-state index in [0.717, 1.165) is 11.0 Å². The van der Waals surface area contributed by atoms with Gasteiger partial charge in [0.1, 0.15) is 12.1 Å². The lowest BCUT2D eigenvalue weighted by atomic mass is 10.1. The zero-order valence-corrected chi connectivity index (χ0v) is 14.1. The van der Waals surface area contributed by atoms with Crippen molar-refractivity contribution in [3.63, 3.8) is 0 Å². The van der Waals surface area contributed by atoms with E-state index in [1.165, 1.54) is 0 Å². The van der Waals surface area contributed by atoms with Gasteiger partial charge in [-0.15, -0.1) is 0 Å². The first-order chi connectivity index (χ1) is 12.0. The topological polar surface area (TPSA) is 93.9 Å². The second-order valence-corrected chi connectivity index (χ2v) is 8.33. The minimum absolute atomic E-state index is 0.0780. The predicted molar refractivity (Wildman–Crippen MR) is 94.3 cm³/mol. The van der Waals surface area contributed by atoms with Crippen molar-refractivity contribution in [2.24, 2.45) is 5.92 Å². The summed E-state index contributed by atoms with van der Waals surface area (Å²) in [7, 11) is -3.08. The lowest BCUT2D eigenvalue weighted by Crippen LogP contribution is -2.23. The van der Waals surface area contributed by atoms with Crippen molar-refractivity contribution in [3.8, 4) is 5.82 Å². The zero-order chi connectivity index (χ0) is 17.4. The molecule has 3 aromatic rings. The summed E-state index contributed by atoms with van der Waals surface area (Å²) in [6.45, 7) is 0. The van der Waals surface area contributed by atoms with Crippen LogP contribution >= 0.6 is 0 Å². The fourth-order valence-electron chi connectivity index (χ4n) is 2.99. The highest BCUT2D eigenvalue weighted by Gasteiger charge is 2.32. The number of amides is 1. The Balaban J connectivity index is 1.52. The van der Waals surface area contributed by atoms with Crippen LogP contribution in [-0.2, 0) is 14.6 Å². The Bertz CT molecular complexity index is 1040. The van der Waals surface area contributed by atoms with Crippen LogP contribution in [-0.4, -0.2) is 40.4 Å². The van der Waals surface area contributed by atoms with Crippen molar-refractivity contribution in [2.45, 2.75) is 6.42 Å². The van der Waals surface area contributed by atoms with Crippen molar-refractivity contribution in [1.82, 2.24) is 14.5 Å². The minimum Gasteiger partial charge on any atom is -0.324 e. The number of rotatable bonds is 3. The van der Waals surface area contributed by atoms with E-state index >= 15 is 0 Å². The second kappa shape index (κ2) is 5.96. The number of hydrogen-bond acceptors (Lipinski definition) is 5. The fourth-order valence-corrected chi connectivity index (χ4v) is 4.73. The largest absolute Gasteiger partial charge is 0.324 e. The van der Waals surface area contributed by atoms with Crippen LogP contribution in [0.4, 0.5) is 5.69 Å². The van der Waals surface area contributed by atoms with Crippen molar-refractivity contribution in [2.75, 3.05) is 16.8 Å². The number of carbonyl (C=O) groups excluding carboxylic acids is 1. The molecule has 0 aliphatic carbocycles. The van der Waals surface area contributed by atoms with Crippen LogP contribution < -0.4 is 5.32 Å². The number of carbonyl (C=O) groups is 1. The molecular weight excluding hydrogens is 340 g/mol. The molecule has 1 aliphatic heterocycles. The van der Waals surface area contributed by atoms with E-state index in [9.17, 15) is 13.2 Å². The Morgan fingerprint density at radius 2 is 2.00 bits per heavy atom. The minimum atomic E-state index is -3.08. The molecule has 1 saturated heterocycles. The summed E-state index contributed by atoms with van der Waals surface area (Å²) >= 11 is 0. The highest BCUT2D eigenvalue weighted by Crippen LogP contribution is 2.21. The van der Waals surface area contributed by atoms with Gasteiger partial charge in [-0.2, -0.15) is 0 Å². The molecule has 128 valence electrons. The van der Waals surface area contributed by atoms with Crippen molar-refractivity contribution < 1.29 is 13.2 Å². The van der Waals surface area contributed by atoms with Gasteiger partial charge in [0.2, 0.25) is 5.91 Å². The normalized spacial score (nSPS) is 19.1. The molecule has 0 spiro atoms. The van der Waals surface area contributed by atoms with Crippen LogP contribution in [0.1, 0.15) is 6.42 Å². The molecule has 25 heavy (non-hydrogen) atoms. The summed E-state index contributed by atoms with van der Waals surface area (Å²) in [5, 5.41) is 2.74. The van der Waals surface area contributed by atoms with Crippen molar-refractivity contribution in [3.05, 3.63) is 48.9 Å². The quantitative estimate of drug-likeness (QED) is 0.772. The highest BCUT2D eigenvalue weighted by atomic mass is 32.2. The smallest absolute Gasteiger partial charge is 0.228 e. The Kier molecular flexibility index (Phi) is 3.76. The van der Waals surface area contributed by atoms with Crippen molar-refractivity contribution in [1.29, 1.82) is 0 Å². The number of hydrogen-bond donors (Lipinski definition) is 1. The first-order valence-corrected chi connectivity index (χ1v) is 9.74. The van der Waals surface area contributed by atoms with E-state index in [2.05, 4.69) is 15.3 Å². The van der Waals surface area contributed by atoms with Gasteiger partial charge in [-0.25, -0.2) is 18.4 Å². The number of aromatic nitrogens is 3. The van der Waals surface area contributed by atoms with Gasteiger partial charge in [-0.3, -0.25) is 9.36 Å². The summed E-state index contributed by atoms with van der Waals surface area (Å²) in [6, 6.07) is 11.3. The molecular formula is C17H16N4O3S. The number of nitrogens with zero attached hydrogens (tertiary/aromatic N) is 3. The number of pyridine rings is 1. The monoisotopic (exact) mass is 356 g/mol. The van der Waals surface area contributed by atoms with E-state index in [-0.39, 0.29) is 17.4 Å². The number of anilines is 1. The van der Waals surface area contributed by atoms with Crippen LogP contribution in [0.2, 0.25) is 0 Å². The summed E-state index contributed by atoms with van der Waals surface area (Å²) < 4.78 is 24.8. The summed E-state index contributed by atoms with van der Waals surface area (Å²) in [4.78, 5) is 20.9. The van der Waals surface area contributed by atoms with Crippen LogP contribution in [0.15, 0.2) is 48.9 Å². The van der Waals surface area contributed by atoms with E-state index in [0.29, 0.717) is 17.9 Å². The van der Waals surface area contributed by atoms with Crippen LogP contribution in [0.3, 0.4) is 0 Å². The number of imidazole rings is 1. The van der Waals surface area contributed by atoms with Gasteiger partial charge in [0.05, 0.1) is 40.3 Å². The standard InChI is InChI=1S/C17H16N4O3S/c22-17(12-7-8-25(23,24)10-12)20-13-5-6-16(18-9-13)21-11-19-14-3-1-2-4-15(14)21/h1-6,9,11-12H,7-8,10H2,(H,20,22)/t12-/m1/s1. The molecule has 1 amide bonds. The van der Waals surface area contributed by atoms with Gasteiger partial charge in [-0.1, -0.05) is 12.1 Å². The maximum atomic E-state index is 12.2. The molecule has 4 rings (SSSR count). The molecule has 0 radical (unpaired) electrons. The van der Waals surface area contributed by atoms with Crippen LogP contribution in [0, 0.1) is 5.92 Å². The molecule has 1 atom stereocenters. The third-order valence-corrected chi connectivity index (χ3v) is 6.09. The second-order valence-electron chi connectivity index (χ2n) is 6.10. The van der Waals surface area contributed by atoms with Gasteiger partial charge >= 0.3 is 0 Å². The maximum absolute atomic E-state index is 12.2. The Morgan fingerprint density at radius 3 is 2.72 bits per heavy atom. The van der Waals surface area contributed by atoms with E-state index < -0.39 is 15.8 Å². The molecule has 0 bridgehead atoms. The molecule has 0 unspecified atom stereocenters. The Morgan fingerprint density at radius 1 is 1.16 bits per heavy atom. The molecule has 1 fully saturated rings. The number of sulfone groups is 1. The molecule has 0 saturated carbocycles. The molecule has 1 aromatic carbocycles. The van der Waals surface area contributed by atoms with Crippen molar-refractivity contribution >= 4 is 32.5 Å². The number of benzene rings is 1. The Hall–Kier alpha value is -2.74. The van der Waals surface area contributed by atoms with E-state index in [1.54, 1.807) is 24.7 Å². The third-order valence-electron chi connectivity index (χ3n) is 4.32. The fraction of sp³-hybridized carbons (Fsp3) is 0.235.